The molecule has 0 aliphatic carbocycles. The van der Waals surface area contributed by atoms with Crippen molar-refractivity contribution in [3.8, 4) is 17.0 Å². The first-order valence-corrected chi connectivity index (χ1v) is 12.6. The van der Waals surface area contributed by atoms with Crippen molar-refractivity contribution in [3.05, 3.63) is 78.3 Å². The number of nitrogens with zero attached hydrogens (tertiary/aromatic N) is 5. The van der Waals surface area contributed by atoms with E-state index in [2.05, 4.69) is 45.1 Å². The number of aromatic nitrogens is 3. The first kappa shape index (κ1) is 27.6. The molecular formula is C29H35N7O3. The molecular weight excluding hydrogens is 494 g/mol. The SMILES string of the molecule is C=CC(=O)Nc1cc(CNc2nccc(-c3cn(C)c4ccccc34)n2)c(OC)cc1N(C)CC[N+](C)(C)[O-]. The van der Waals surface area contributed by atoms with Gasteiger partial charge in [0.15, 0.2) is 0 Å². The van der Waals surface area contributed by atoms with Gasteiger partial charge in [-0.15, -0.1) is 0 Å². The normalized spacial score (nSPS) is 11.3. The smallest absolute Gasteiger partial charge is 0.247 e. The third-order valence-corrected chi connectivity index (χ3v) is 6.49. The zero-order valence-electron chi connectivity index (χ0n) is 23.1. The maximum Gasteiger partial charge on any atom is 0.247 e. The highest BCUT2D eigenvalue weighted by Gasteiger charge is 2.17. The highest BCUT2D eigenvalue weighted by Crippen LogP contribution is 2.34. The van der Waals surface area contributed by atoms with Crippen molar-refractivity contribution in [2.45, 2.75) is 6.54 Å². The van der Waals surface area contributed by atoms with Crippen molar-refractivity contribution in [2.75, 3.05) is 56.9 Å². The average Bonchev–Trinajstić information content (AvgIpc) is 3.26. The number of carbonyl (C=O) groups excluding carboxylic acids is 1. The highest BCUT2D eigenvalue weighted by molar-refractivity contribution is 6.01. The van der Waals surface area contributed by atoms with E-state index in [4.69, 9.17) is 9.72 Å². The molecule has 0 unspecified atom stereocenters. The number of fused-ring (bicyclic) bond motifs is 1. The number of amides is 1. The fourth-order valence-corrected chi connectivity index (χ4v) is 4.37. The van der Waals surface area contributed by atoms with Crippen molar-refractivity contribution in [1.29, 1.82) is 0 Å². The van der Waals surface area contributed by atoms with Crippen LogP contribution < -0.4 is 20.3 Å². The number of hydroxylamine groups is 3. The molecule has 0 saturated carbocycles. The van der Waals surface area contributed by atoms with Gasteiger partial charge in [0.05, 0.1) is 51.4 Å². The van der Waals surface area contributed by atoms with E-state index >= 15 is 0 Å². The van der Waals surface area contributed by atoms with Crippen LogP contribution in [0.4, 0.5) is 17.3 Å². The van der Waals surface area contributed by atoms with Gasteiger partial charge in [-0.05, 0) is 24.3 Å². The van der Waals surface area contributed by atoms with Gasteiger partial charge in [0.1, 0.15) is 5.75 Å². The lowest BCUT2D eigenvalue weighted by Crippen LogP contribution is -2.39. The topological polar surface area (TPSA) is 107 Å². The molecule has 0 radical (unpaired) electrons. The van der Waals surface area contributed by atoms with Crippen LogP contribution in [0.15, 0.2) is 67.5 Å². The molecule has 0 atom stereocenters. The van der Waals surface area contributed by atoms with E-state index in [0.29, 0.717) is 37.0 Å². The van der Waals surface area contributed by atoms with Crippen molar-refractivity contribution in [2.24, 2.45) is 7.05 Å². The summed E-state index contributed by atoms with van der Waals surface area (Å²) in [6.07, 6.45) is 5.01. The molecule has 10 nitrogen and oxygen atoms in total. The summed E-state index contributed by atoms with van der Waals surface area (Å²) in [7, 11) is 8.68. The Morgan fingerprint density at radius 1 is 1.26 bits per heavy atom. The minimum atomic E-state index is -0.421. The minimum absolute atomic E-state index is 0.334. The molecule has 39 heavy (non-hydrogen) atoms. The van der Waals surface area contributed by atoms with E-state index in [1.807, 2.05) is 49.3 Å². The summed E-state index contributed by atoms with van der Waals surface area (Å²) in [5, 5.41) is 19.4. The molecule has 1 amide bonds. The predicted molar refractivity (Wildman–Crippen MR) is 157 cm³/mol. The number of aryl methyl sites for hydroxylation is 1. The number of nitrogens with one attached hydrogen (secondary N) is 2. The van der Waals surface area contributed by atoms with E-state index in [9.17, 15) is 10.0 Å². The summed E-state index contributed by atoms with van der Waals surface area (Å²) in [6, 6.07) is 13.8. The Balaban J connectivity index is 1.61. The van der Waals surface area contributed by atoms with Crippen molar-refractivity contribution >= 4 is 34.1 Å². The molecule has 4 rings (SSSR count). The molecule has 2 aromatic carbocycles. The van der Waals surface area contributed by atoms with Crippen LogP contribution in [0.2, 0.25) is 0 Å². The Bertz CT molecular complexity index is 1490. The first-order chi connectivity index (χ1) is 18.6. The molecule has 4 aromatic rings. The van der Waals surface area contributed by atoms with Crippen LogP contribution in [0.1, 0.15) is 5.56 Å². The maximum absolute atomic E-state index is 12.2. The highest BCUT2D eigenvalue weighted by atomic mass is 16.5. The van der Waals surface area contributed by atoms with Crippen molar-refractivity contribution in [3.63, 3.8) is 0 Å². The molecule has 204 valence electrons. The standard InChI is InChI=1S/C29H35N7O3/c1-7-28(37)32-24-16-20(27(39-6)17-26(24)34(2)14-15-36(4,5)38)18-31-29-30-13-12-23(33-29)22-19-35(3)25-11-9-8-10-21(22)25/h7-13,16-17,19H,1,14-15,18H2,2-6H3,(H,32,37)(H,30,31,33). The third-order valence-electron chi connectivity index (χ3n) is 6.49. The number of ether oxygens (including phenoxy) is 1. The van der Waals surface area contributed by atoms with E-state index in [0.717, 1.165) is 33.4 Å². The van der Waals surface area contributed by atoms with E-state index < -0.39 is 4.65 Å². The van der Waals surface area contributed by atoms with Gasteiger partial charge in [0.25, 0.3) is 0 Å². The predicted octanol–water partition coefficient (Wildman–Crippen LogP) is 4.39. The van der Waals surface area contributed by atoms with Crippen LogP contribution >= 0.6 is 0 Å². The Kier molecular flexibility index (Phi) is 8.18. The number of carbonyl (C=O) groups is 1. The second kappa shape index (κ2) is 11.5. The molecule has 0 aliphatic rings. The fraction of sp³-hybridized carbons (Fsp3) is 0.276. The van der Waals surface area contributed by atoms with Crippen LogP contribution in [0, 0.1) is 5.21 Å². The number of quaternary nitrogens is 1. The second-order valence-corrected chi connectivity index (χ2v) is 9.88. The summed E-state index contributed by atoms with van der Waals surface area (Å²) in [6.45, 7) is 4.78. The van der Waals surface area contributed by atoms with Gasteiger partial charge in [-0.25, -0.2) is 9.97 Å². The Morgan fingerprint density at radius 2 is 2.03 bits per heavy atom. The van der Waals surface area contributed by atoms with E-state index in [1.165, 1.54) is 6.08 Å². The largest absolute Gasteiger partial charge is 0.633 e. The summed E-state index contributed by atoms with van der Waals surface area (Å²) >= 11 is 0. The quantitative estimate of drug-likeness (QED) is 0.169. The van der Waals surface area contributed by atoms with Gasteiger partial charge in [-0.2, -0.15) is 0 Å². The van der Waals surface area contributed by atoms with Gasteiger partial charge in [0, 0.05) is 61.1 Å². The molecule has 2 aromatic heterocycles. The van der Waals surface area contributed by atoms with Gasteiger partial charge in [-0.3, -0.25) is 4.79 Å². The fourth-order valence-electron chi connectivity index (χ4n) is 4.37. The molecule has 0 spiro atoms. The van der Waals surface area contributed by atoms with Crippen LogP contribution in [0.25, 0.3) is 22.2 Å². The Labute approximate surface area is 228 Å². The number of hydrogen-bond donors (Lipinski definition) is 2. The molecule has 0 fully saturated rings. The summed E-state index contributed by atoms with van der Waals surface area (Å²) < 4.78 is 7.35. The number of rotatable bonds is 11. The maximum atomic E-state index is 12.2. The lowest BCUT2D eigenvalue weighted by atomic mass is 10.1. The summed E-state index contributed by atoms with van der Waals surface area (Å²) in [5.41, 5.74) is 5.08. The van der Waals surface area contributed by atoms with Crippen LogP contribution in [-0.4, -0.2) is 66.4 Å². The van der Waals surface area contributed by atoms with Crippen LogP contribution in [-0.2, 0) is 18.4 Å². The van der Waals surface area contributed by atoms with Crippen molar-refractivity contribution < 1.29 is 14.2 Å². The first-order valence-electron chi connectivity index (χ1n) is 12.6. The molecule has 0 saturated heterocycles. The minimum Gasteiger partial charge on any atom is -0.633 e. The van der Waals surface area contributed by atoms with E-state index in [-0.39, 0.29) is 5.91 Å². The van der Waals surface area contributed by atoms with Gasteiger partial charge in [-0.1, -0.05) is 24.8 Å². The van der Waals surface area contributed by atoms with Gasteiger partial charge < -0.3 is 34.7 Å². The van der Waals surface area contributed by atoms with Gasteiger partial charge >= 0.3 is 0 Å². The lowest BCUT2D eigenvalue weighted by Gasteiger charge is -2.36. The molecule has 0 bridgehead atoms. The summed E-state index contributed by atoms with van der Waals surface area (Å²) in [5.74, 6) is 0.762. The summed E-state index contributed by atoms with van der Waals surface area (Å²) in [4.78, 5) is 23.3. The number of anilines is 3. The zero-order valence-corrected chi connectivity index (χ0v) is 23.1. The number of hydrogen-bond acceptors (Lipinski definition) is 7. The molecule has 2 heterocycles. The van der Waals surface area contributed by atoms with Gasteiger partial charge in [0.2, 0.25) is 11.9 Å². The van der Waals surface area contributed by atoms with Crippen LogP contribution in [0.5, 0.6) is 5.75 Å². The molecule has 2 N–H and O–H groups in total. The Morgan fingerprint density at radius 3 is 2.74 bits per heavy atom. The lowest BCUT2D eigenvalue weighted by molar-refractivity contribution is -0.838. The number of methoxy groups -OCH3 is 1. The van der Waals surface area contributed by atoms with Crippen LogP contribution in [0.3, 0.4) is 0 Å². The molecule has 10 heteroatoms. The average molecular weight is 530 g/mol. The number of likely N-dealkylation sites (N-methyl/N-ethyl adjacent to an activating group) is 2. The number of para-hydroxylation sites is 1. The molecule has 0 aliphatic heterocycles. The third kappa shape index (κ3) is 6.54. The second-order valence-electron chi connectivity index (χ2n) is 9.88. The zero-order chi connectivity index (χ0) is 28.2. The van der Waals surface area contributed by atoms with Crippen molar-refractivity contribution in [1.82, 2.24) is 14.5 Å². The monoisotopic (exact) mass is 529 g/mol. The Hall–Kier alpha value is -4.41. The number of benzene rings is 2. The van der Waals surface area contributed by atoms with E-state index in [1.54, 1.807) is 27.4 Å².